The van der Waals surface area contributed by atoms with E-state index in [1.165, 1.54) is 6.33 Å². The van der Waals surface area contributed by atoms with Crippen LogP contribution in [-0.2, 0) is 16.1 Å². The van der Waals surface area contributed by atoms with Gasteiger partial charge in [-0.15, -0.1) is 0 Å². The molecule has 0 aliphatic carbocycles. The van der Waals surface area contributed by atoms with E-state index in [0.717, 1.165) is 6.42 Å². The van der Waals surface area contributed by atoms with E-state index in [2.05, 4.69) is 29.2 Å². The molecule has 0 fully saturated rings. The van der Waals surface area contributed by atoms with Crippen LogP contribution in [0, 0.1) is 5.92 Å². The highest BCUT2D eigenvalue weighted by atomic mass is 16.5. The largest absolute Gasteiger partial charge is 0.383 e. The number of hydrogen-bond acceptors (Lipinski definition) is 4. The quantitative estimate of drug-likeness (QED) is 0.746. The van der Waals surface area contributed by atoms with Gasteiger partial charge in [-0.05, 0) is 12.3 Å². The van der Waals surface area contributed by atoms with Gasteiger partial charge in [-0.1, -0.05) is 13.8 Å². The summed E-state index contributed by atoms with van der Waals surface area (Å²) < 4.78 is 6.82. The number of nitrogens with zero attached hydrogens (tertiary/aromatic N) is 3. The summed E-state index contributed by atoms with van der Waals surface area (Å²) in [7, 11) is 1.65. The molecule has 1 N–H and O–H groups in total. The van der Waals surface area contributed by atoms with Crippen LogP contribution in [-0.4, -0.2) is 40.4 Å². The molecule has 0 saturated heterocycles. The number of rotatable bonds is 8. The second-order valence-electron chi connectivity index (χ2n) is 4.64. The van der Waals surface area contributed by atoms with Gasteiger partial charge < -0.3 is 10.1 Å². The average Bonchev–Trinajstić information content (AvgIpc) is 2.81. The van der Waals surface area contributed by atoms with Gasteiger partial charge in [0.15, 0.2) is 0 Å². The van der Waals surface area contributed by atoms with Crippen molar-refractivity contribution in [3.8, 4) is 0 Å². The molecular weight excluding hydrogens is 232 g/mol. The molecule has 0 unspecified atom stereocenters. The molecule has 1 heterocycles. The third-order valence-corrected chi connectivity index (χ3v) is 2.75. The number of aromatic nitrogens is 3. The monoisotopic (exact) mass is 254 g/mol. The van der Waals surface area contributed by atoms with E-state index < -0.39 is 0 Å². The van der Waals surface area contributed by atoms with Crippen LogP contribution in [0.1, 0.15) is 26.7 Å². The molecule has 1 amide bonds. The van der Waals surface area contributed by atoms with Crippen molar-refractivity contribution < 1.29 is 9.53 Å². The van der Waals surface area contributed by atoms with Gasteiger partial charge in [0.25, 0.3) is 0 Å². The van der Waals surface area contributed by atoms with Gasteiger partial charge in [0.1, 0.15) is 12.7 Å². The summed E-state index contributed by atoms with van der Waals surface area (Å²) in [5.74, 6) is 0.426. The SMILES string of the molecule is COC[C@@H](NC(=O)CCCn1cncn1)C(C)C. The molecule has 6 nitrogen and oxygen atoms in total. The molecule has 0 aliphatic heterocycles. The zero-order valence-corrected chi connectivity index (χ0v) is 11.3. The van der Waals surface area contributed by atoms with Crippen LogP contribution in [0.25, 0.3) is 0 Å². The third-order valence-electron chi connectivity index (χ3n) is 2.75. The molecule has 0 saturated carbocycles. The number of amides is 1. The maximum atomic E-state index is 11.7. The first-order valence-corrected chi connectivity index (χ1v) is 6.24. The first kappa shape index (κ1) is 14.6. The Bertz CT molecular complexity index is 338. The van der Waals surface area contributed by atoms with E-state index in [9.17, 15) is 4.79 Å². The molecule has 0 aliphatic rings. The van der Waals surface area contributed by atoms with Crippen LogP contribution in [0.15, 0.2) is 12.7 Å². The van der Waals surface area contributed by atoms with E-state index >= 15 is 0 Å². The van der Waals surface area contributed by atoms with Gasteiger partial charge in [0.2, 0.25) is 5.91 Å². The van der Waals surface area contributed by atoms with E-state index in [4.69, 9.17) is 4.74 Å². The van der Waals surface area contributed by atoms with Gasteiger partial charge >= 0.3 is 0 Å². The normalized spacial score (nSPS) is 12.7. The smallest absolute Gasteiger partial charge is 0.220 e. The highest BCUT2D eigenvalue weighted by Gasteiger charge is 2.15. The molecule has 0 spiro atoms. The Labute approximate surface area is 108 Å². The fourth-order valence-electron chi connectivity index (χ4n) is 1.61. The Balaban J connectivity index is 2.23. The van der Waals surface area contributed by atoms with Crippen molar-refractivity contribution in [2.24, 2.45) is 5.92 Å². The molecule has 0 aromatic carbocycles. The second kappa shape index (κ2) is 7.81. The van der Waals surface area contributed by atoms with Crippen molar-refractivity contribution in [3.05, 3.63) is 12.7 Å². The molecule has 18 heavy (non-hydrogen) atoms. The first-order chi connectivity index (χ1) is 8.63. The predicted molar refractivity (Wildman–Crippen MR) is 67.9 cm³/mol. The number of hydrogen-bond donors (Lipinski definition) is 1. The lowest BCUT2D eigenvalue weighted by atomic mass is 10.1. The molecule has 102 valence electrons. The lowest BCUT2D eigenvalue weighted by Crippen LogP contribution is -2.41. The van der Waals surface area contributed by atoms with Crippen molar-refractivity contribution >= 4 is 5.91 Å². The Morgan fingerprint density at radius 2 is 2.28 bits per heavy atom. The first-order valence-electron chi connectivity index (χ1n) is 6.24. The number of ether oxygens (including phenoxy) is 1. The lowest BCUT2D eigenvalue weighted by molar-refractivity contribution is -0.122. The van der Waals surface area contributed by atoms with Crippen molar-refractivity contribution in [1.29, 1.82) is 0 Å². The molecule has 1 rings (SSSR count). The third kappa shape index (κ3) is 5.27. The van der Waals surface area contributed by atoms with Gasteiger partial charge in [-0.3, -0.25) is 9.48 Å². The van der Waals surface area contributed by atoms with E-state index in [-0.39, 0.29) is 11.9 Å². The minimum absolute atomic E-state index is 0.0610. The molecule has 1 aromatic rings. The number of aryl methyl sites for hydroxylation is 1. The van der Waals surface area contributed by atoms with E-state index in [0.29, 0.717) is 25.5 Å². The van der Waals surface area contributed by atoms with Crippen molar-refractivity contribution in [1.82, 2.24) is 20.1 Å². The summed E-state index contributed by atoms with van der Waals surface area (Å²) >= 11 is 0. The molecule has 0 radical (unpaired) electrons. The maximum absolute atomic E-state index is 11.7. The number of nitrogens with one attached hydrogen (secondary N) is 1. The Morgan fingerprint density at radius 1 is 1.50 bits per heavy atom. The Hall–Kier alpha value is -1.43. The predicted octanol–water partition coefficient (Wildman–Crippen LogP) is 0.845. The van der Waals surface area contributed by atoms with E-state index in [1.807, 2.05) is 0 Å². The Kier molecular flexibility index (Phi) is 6.35. The number of carbonyl (C=O) groups excluding carboxylic acids is 1. The summed E-state index contributed by atoms with van der Waals surface area (Å²) in [4.78, 5) is 15.6. The van der Waals surface area contributed by atoms with Gasteiger partial charge in [0.05, 0.1) is 12.6 Å². The molecule has 1 aromatic heterocycles. The maximum Gasteiger partial charge on any atom is 0.220 e. The van der Waals surface area contributed by atoms with Crippen LogP contribution in [0.3, 0.4) is 0 Å². The van der Waals surface area contributed by atoms with Crippen LogP contribution < -0.4 is 5.32 Å². The number of methoxy groups -OCH3 is 1. The lowest BCUT2D eigenvalue weighted by Gasteiger charge is -2.21. The summed E-state index contributed by atoms with van der Waals surface area (Å²) in [6.45, 7) is 5.40. The van der Waals surface area contributed by atoms with Gasteiger partial charge in [-0.2, -0.15) is 5.10 Å². The highest BCUT2D eigenvalue weighted by molar-refractivity contribution is 5.76. The van der Waals surface area contributed by atoms with Gasteiger partial charge in [-0.25, -0.2) is 4.98 Å². The van der Waals surface area contributed by atoms with Crippen molar-refractivity contribution in [2.75, 3.05) is 13.7 Å². The van der Waals surface area contributed by atoms with E-state index in [1.54, 1.807) is 18.1 Å². The minimum atomic E-state index is 0.0610. The zero-order valence-electron chi connectivity index (χ0n) is 11.3. The van der Waals surface area contributed by atoms with Crippen molar-refractivity contribution in [3.63, 3.8) is 0 Å². The molecule has 0 bridgehead atoms. The minimum Gasteiger partial charge on any atom is -0.383 e. The van der Waals surface area contributed by atoms with Crippen LogP contribution in [0.2, 0.25) is 0 Å². The van der Waals surface area contributed by atoms with Crippen LogP contribution >= 0.6 is 0 Å². The highest BCUT2D eigenvalue weighted by Crippen LogP contribution is 2.03. The Morgan fingerprint density at radius 3 is 2.83 bits per heavy atom. The molecular formula is C12H22N4O2. The summed E-state index contributed by atoms with van der Waals surface area (Å²) in [6, 6.07) is 0.0777. The number of carbonyl (C=O) groups is 1. The van der Waals surface area contributed by atoms with Gasteiger partial charge in [0, 0.05) is 20.1 Å². The summed E-state index contributed by atoms with van der Waals surface area (Å²) in [5, 5.41) is 6.97. The van der Waals surface area contributed by atoms with Crippen LogP contribution in [0.5, 0.6) is 0 Å². The fraction of sp³-hybridized carbons (Fsp3) is 0.750. The standard InChI is InChI=1S/C12H22N4O2/c1-10(2)11(7-18-3)15-12(17)5-4-6-16-9-13-8-14-16/h8-11H,4-7H2,1-3H3,(H,15,17)/t11-/m1/s1. The second-order valence-corrected chi connectivity index (χ2v) is 4.64. The van der Waals surface area contributed by atoms with Crippen LogP contribution in [0.4, 0.5) is 0 Å². The zero-order chi connectivity index (χ0) is 13.4. The summed E-state index contributed by atoms with van der Waals surface area (Å²) in [5.41, 5.74) is 0. The topological polar surface area (TPSA) is 69.0 Å². The average molecular weight is 254 g/mol. The summed E-state index contributed by atoms with van der Waals surface area (Å²) in [6.07, 6.45) is 4.40. The fourth-order valence-corrected chi connectivity index (χ4v) is 1.61. The molecule has 1 atom stereocenters. The van der Waals surface area contributed by atoms with Crippen molar-refractivity contribution in [2.45, 2.75) is 39.3 Å². The molecule has 6 heteroatoms.